The van der Waals surface area contributed by atoms with Crippen molar-refractivity contribution in [3.05, 3.63) is 65.2 Å². The summed E-state index contributed by atoms with van der Waals surface area (Å²) in [6, 6.07) is 16.3. The summed E-state index contributed by atoms with van der Waals surface area (Å²) in [6.45, 7) is 7.58. The molecule has 0 aromatic heterocycles. The topological polar surface area (TPSA) is 58.4 Å². The van der Waals surface area contributed by atoms with Gasteiger partial charge in [-0.25, -0.2) is 0 Å². The third-order valence-electron chi connectivity index (χ3n) is 5.19. The van der Waals surface area contributed by atoms with E-state index >= 15 is 0 Å². The van der Waals surface area contributed by atoms with Gasteiger partial charge in [-0.15, -0.1) is 0 Å². The van der Waals surface area contributed by atoms with Gasteiger partial charge in [0.25, 0.3) is 0 Å². The lowest BCUT2D eigenvalue weighted by Gasteiger charge is -2.24. The minimum atomic E-state index is -0.208. The smallest absolute Gasteiger partial charge is 0.241 e. The zero-order valence-corrected chi connectivity index (χ0v) is 15.2. The van der Waals surface area contributed by atoms with E-state index in [1.807, 2.05) is 44.2 Å². The molecule has 0 aliphatic carbocycles. The van der Waals surface area contributed by atoms with E-state index in [9.17, 15) is 4.79 Å². The number of benzene rings is 2. The molecule has 0 radical (unpaired) electrons. The number of hydrogen-bond acceptors (Lipinski definition) is 3. The van der Waals surface area contributed by atoms with E-state index < -0.39 is 0 Å². The molecule has 0 bridgehead atoms. The number of hydrogen-bond donors (Lipinski definition) is 2. The largest absolute Gasteiger partial charge is 0.326 e. The summed E-state index contributed by atoms with van der Waals surface area (Å²) >= 11 is 0. The van der Waals surface area contributed by atoms with Crippen LogP contribution in [0.5, 0.6) is 0 Å². The average Bonchev–Trinajstić information content (AvgIpc) is 2.99. The molecule has 1 heterocycles. The lowest BCUT2D eigenvalue weighted by Crippen LogP contribution is -2.41. The Morgan fingerprint density at radius 1 is 1.16 bits per heavy atom. The molecule has 3 rings (SSSR count). The molecule has 132 valence electrons. The quantitative estimate of drug-likeness (QED) is 0.901. The van der Waals surface area contributed by atoms with Crippen LogP contribution in [0.25, 0.3) is 0 Å². The highest BCUT2D eigenvalue weighted by Gasteiger charge is 2.35. The fraction of sp³-hybridized carbons (Fsp3) is 0.381. The maximum absolute atomic E-state index is 12.7. The molecule has 1 aliphatic rings. The van der Waals surface area contributed by atoms with Crippen LogP contribution in [0.4, 0.5) is 5.69 Å². The zero-order valence-electron chi connectivity index (χ0n) is 15.2. The van der Waals surface area contributed by atoms with Gasteiger partial charge in [-0.05, 0) is 38.0 Å². The molecular formula is C21H27N3O. The molecule has 1 unspecified atom stereocenters. The van der Waals surface area contributed by atoms with Gasteiger partial charge < -0.3 is 11.1 Å². The molecule has 3 N–H and O–H groups in total. The van der Waals surface area contributed by atoms with Crippen molar-refractivity contribution in [3.8, 4) is 0 Å². The minimum absolute atomic E-state index is 0.0212. The van der Waals surface area contributed by atoms with E-state index in [-0.39, 0.29) is 23.9 Å². The van der Waals surface area contributed by atoms with Crippen LogP contribution < -0.4 is 11.1 Å². The van der Waals surface area contributed by atoms with Crippen molar-refractivity contribution in [3.63, 3.8) is 0 Å². The van der Waals surface area contributed by atoms with Crippen LogP contribution in [0.2, 0.25) is 0 Å². The van der Waals surface area contributed by atoms with Crippen molar-refractivity contribution in [2.45, 2.75) is 38.8 Å². The molecule has 3 atom stereocenters. The van der Waals surface area contributed by atoms with Crippen molar-refractivity contribution >= 4 is 11.6 Å². The first-order chi connectivity index (χ1) is 12.0. The van der Waals surface area contributed by atoms with Gasteiger partial charge in [0.15, 0.2) is 0 Å². The van der Waals surface area contributed by atoms with Crippen LogP contribution in [0.1, 0.15) is 29.5 Å². The van der Waals surface area contributed by atoms with E-state index in [1.54, 1.807) is 0 Å². The van der Waals surface area contributed by atoms with Gasteiger partial charge in [0.05, 0.1) is 6.04 Å². The number of aryl methyl sites for hydroxylation is 2. The van der Waals surface area contributed by atoms with Crippen molar-refractivity contribution < 1.29 is 4.79 Å². The Kier molecular flexibility index (Phi) is 5.21. The second kappa shape index (κ2) is 7.38. The first kappa shape index (κ1) is 17.6. The lowest BCUT2D eigenvalue weighted by atomic mass is 9.95. The van der Waals surface area contributed by atoms with Gasteiger partial charge in [0.1, 0.15) is 0 Å². The van der Waals surface area contributed by atoms with Crippen LogP contribution in [-0.4, -0.2) is 36.0 Å². The third-order valence-corrected chi connectivity index (χ3v) is 5.19. The third kappa shape index (κ3) is 3.91. The summed E-state index contributed by atoms with van der Waals surface area (Å²) in [5.74, 6) is 0.297. The SMILES string of the molecule is Cc1ccc(NC(=O)C(C)N2C[C@@H](N)[C@H](c3ccccc3)C2)c(C)c1. The molecule has 4 nitrogen and oxygen atoms in total. The van der Waals surface area contributed by atoms with Crippen LogP contribution >= 0.6 is 0 Å². The van der Waals surface area contributed by atoms with Crippen LogP contribution in [0, 0.1) is 13.8 Å². The monoisotopic (exact) mass is 337 g/mol. The van der Waals surface area contributed by atoms with Crippen LogP contribution in [-0.2, 0) is 4.79 Å². The summed E-state index contributed by atoms with van der Waals surface area (Å²) in [7, 11) is 0. The van der Waals surface area contributed by atoms with Crippen molar-refractivity contribution in [2.24, 2.45) is 5.73 Å². The lowest BCUT2D eigenvalue weighted by molar-refractivity contribution is -0.120. The number of nitrogens with one attached hydrogen (secondary N) is 1. The van der Waals surface area contributed by atoms with Gasteiger partial charge in [-0.3, -0.25) is 9.69 Å². The molecule has 0 spiro atoms. The summed E-state index contributed by atoms with van der Waals surface area (Å²) in [5.41, 5.74) is 10.8. The molecule has 1 saturated heterocycles. The maximum atomic E-state index is 12.7. The van der Waals surface area contributed by atoms with Crippen molar-refractivity contribution in [2.75, 3.05) is 18.4 Å². The van der Waals surface area contributed by atoms with Gasteiger partial charge in [-0.2, -0.15) is 0 Å². The number of rotatable bonds is 4. The predicted octanol–water partition coefficient (Wildman–Crippen LogP) is 3.06. The minimum Gasteiger partial charge on any atom is -0.326 e. The fourth-order valence-corrected chi connectivity index (χ4v) is 3.59. The van der Waals surface area contributed by atoms with Gasteiger partial charge in [-0.1, -0.05) is 48.0 Å². The van der Waals surface area contributed by atoms with E-state index in [4.69, 9.17) is 5.73 Å². The fourth-order valence-electron chi connectivity index (χ4n) is 3.59. The Hall–Kier alpha value is -2.17. The van der Waals surface area contributed by atoms with Gasteiger partial charge in [0, 0.05) is 30.7 Å². The highest BCUT2D eigenvalue weighted by atomic mass is 16.2. The van der Waals surface area contributed by atoms with Crippen molar-refractivity contribution in [1.29, 1.82) is 0 Å². The Balaban J connectivity index is 1.66. The Morgan fingerprint density at radius 3 is 2.56 bits per heavy atom. The summed E-state index contributed by atoms with van der Waals surface area (Å²) in [4.78, 5) is 14.9. The molecule has 2 aromatic rings. The summed E-state index contributed by atoms with van der Waals surface area (Å²) in [6.07, 6.45) is 0. The Morgan fingerprint density at radius 2 is 1.88 bits per heavy atom. The number of carbonyl (C=O) groups excluding carboxylic acids is 1. The number of anilines is 1. The second-order valence-corrected chi connectivity index (χ2v) is 7.12. The number of nitrogens with zero attached hydrogens (tertiary/aromatic N) is 1. The van der Waals surface area contributed by atoms with Crippen molar-refractivity contribution in [1.82, 2.24) is 4.90 Å². The Bertz CT molecular complexity index is 744. The summed E-state index contributed by atoms with van der Waals surface area (Å²) < 4.78 is 0. The van der Waals surface area contributed by atoms with Gasteiger partial charge in [0.2, 0.25) is 5.91 Å². The molecular weight excluding hydrogens is 310 g/mol. The normalized spacial score (nSPS) is 21.9. The molecule has 4 heteroatoms. The van der Waals surface area contributed by atoms with E-state index in [1.165, 1.54) is 11.1 Å². The molecule has 25 heavy (non-hydrogen) atoms. The first-order valence-electron chi connectivity index (χ1n) is 8.88. The average molecular weight is 337 g/mol. The highest BCUT2D eigenvalue weighted by molar-refractivity contribution is 5.95. The van der Waals surface area contributed by atoms with Gasteiger partial charge >= 0.3 is 0 Å². The highest BCUT2D eigenvalue weighted by Crippen LogP contribution is 2.28. The van der Waals surface area contributed by atoms with E-state index in [0.717, 1.165) is 24.3 Å². The number of carbonyl (C=O) groups is 1. The molecule has 1 aliphatic heterocycles. The molecule has 1 amide bonds. The predicted molar refractivity (Wildman–Crippen MR) is 103 cm³/mol. The molecule has 0 saturated carbocycles. The van der Waals surface area contributed by atoms with E-state index in [2.05, 4.69) is 35.3 Å². The number of likely N-dealkylation sites (tertiary alicyclic amines) is 1. The Labute approximate surface area is 150 Å². The van der Waals surface area contributed by atoms with Crippen LogP contribution in [0.3, 0.4) is 0 Å². The van der Waals surface area contributed by atoms with Crippen LogP contribution in [0.15, 0.2) is 48.5 Å². The van der Waals surface area contributed by atoms with E-state index in [0.29, 0.717) is 0 Å². The second-order valence-electron chi connectivity index (χ2n) is 7.12. The molecule has 1 fully saturated rings. The maximum Gasteiger partial charge on any atom is 0.241 e. The number of amides is 1. The standard InChI is InChI=1S/C21H27N3O/c1-14-9-10-20(15(2)11-14)23-21(25)16(3)24-12-18(19(22)13-24)17-7-5-4-6-8-17/h4-11,16,18-19H,12-13,22H2,1-3H3,(H,23,25)/t16?,18-,19+/m0/s1. The summed E-state index contributed by atoms with van der Waals surface area (Å²) in [5, 5.41) is 3.06. The zero-order chi connectivity index (χ0) is 18.0. The number of nitrogens with two attached hydrogens (primary N) is 1. The first-order valence-corrected chi connectivity index (χ1v) is 8.88. The molecule has 2 aromatic carbocycles.